The van der Waals surface area contributed by atoms with E-state index in [4.69, 9.17) is 14.2 Å². The summed E-state index contributed by atoms with van der Waals surface area (Å²) in [5.74, 6) is -0.960. The molecule has 0 bridgehead atoms. The Bertz CT molecular complexity index is 1860. The lowest BCUT2D eigenvalue weighted by molar-refractivity contribution is -0.167. The molecule has 81 heavy (non-hydrogen) atoms. The molecule has 0 saturated heterocycles. The first-order valence-corrected chi connectivity index (χ1v) is 32.6. The minimum Gasteiger partial charge on any atom is -0.462 e. The monoisotopic (exact) mass is 1110 g/mol. The number of esters is 3. The summed E-state index contributed by atoms with van der Waals surface area (Å²) in [5.41, 5.74) is 0. The average Bonchev–Trinajstić information content (AvgIpc) is 3.47. The van der Waals surface area contributed by atoms with E-state index >= 15 is 0 Å². The topological polar surface area (TPSA) is 78.9 Å². The summed E-state index contributed by atoms with van der Waals surface area (Å²) >= 11 is 0. The Morgan fingerprint density at radius 3 is 0.778 bits per heavy atom. The average molecular weight is 1120 g/mol. The van der Waals surface area contributed by atoms with E-state index in [0.717, 1.165) is 161 Å². The zero-order valence-corrected chi connectivity index (χ0v) is 52.0. The Labute approximate surface area is 498 Å². The van der Waals surface area contributed by atoms with E-state index in [1.54, 1.807) is 0 Å². The van der Waals surface area contributed by atoms with Crippen LogP contribution in [0.1, 0.15) is 265 Å². The number of allylic oxidation sites excluding steroid dienone is 28. The molecule has 0 amide bonds. The van der Waals surface area contributed by atoms with Crippen LogP contribution in [0.2, 0.25) is 0 Å². The smallest absolute Gasteiger partial charge is 0.306 e. The van der Waals surface area contributed by atoms with Crippen molar-refractivity contribution in [1.29, 1.82) is 0 Å². The maximum atomic E-state index is 12.9. The van der Waals surface area contributed by atoms with Gasteiger partial charge in [-0.05, 0) is 148 Å². The summed E-state index contributed by atoms with van der Waals surface area (Å²) in [6, 6.07) is 0. The molecular formula is C75H118O6. The van der Waals surface area contributed by atoms with Gasteiger partial charge in [0.05, 0.1) is 0 Å². The normalized spacial score (nSPS) is 13.3. The van der Waals surface area contributed by atoms with E-state index in [1.807, 2.05) is 0 Å². The van der Waals surface area contributed by atoms with Crippen molar-refractivity contribution < 1.29 is 28.6 Å². The molecule has 1 unspecified atom stereocenters. The van der Waals surface area contributed by atoms with Crippen LogP contribution in [0, 0.1) is 0 Å². The summed E-state index contributed by atoms with van der Waals surface area (Å²) in [6.45, 7) is 6.32. The molecule has 0 aromatic carbocycles. The fourth-order valence-electron chi connectivity index (χ4n) is 8.35. The summed E-state index contributed by atoms with van der Waals surface area (Å²) in [6.07, 6.45) is 99.4. The van der Waals surface area contributed by atoms with Crippen molar-refractivity contribution >= 4 is 17.9 Å². The van der Waals surface area contributed by atoms with Gasteiger partial charge >= 0.3 is 17.9 Å². The fraction of sp³-hybridized carbons (Fsp3) is 0.587. The molecule has 0 rings (SSSR count). The Kier molecular flexibility index (Phi) is 62.9. The predicted octanol–water partition coefficient (Wildman–Crippen LogP) is 22.7. The van der Waals surface area contributed by atoms with E-state index in [1.165, 1.54) is 57.8 Å². The lowest BCUT2D eigenvalue weighted by atomic mass is 10.1. The molecule has 0 aliphatic carbocycles. The van der Waals surface area contributed by atoms with Crippen LogP contribution < -0.4 is 0 Å². The number of unbranched alkanes of at least 4 members (excludes halogenated alkanes) is 18. The Balaban J connectivity index is 4.33. The third kappa shape index (κ3) is 65.5. The number of rotatable bonds is 57. The molecule has 454 valence electrons. The number of ether oxygens (including phenoxy) is 3. The van der Waals surface area contributed by atoms with Crippen molar-refractivity contribution in [2.45, 2.75) is 271 Å². The molecular weight excluding hydrogens is 997 g/mol. The van der Waals surface area contributed by atoms with Crippen LogP contribution in [0.25, 0.3) is 0 Å². The molecule has 0 fully saturated rings. The first-order chi connectivity index (χ1) is 40.0. The van der Waals surface area contributed by atoms with Gasteiger partial charge in [0, 0.05) is 19.3 Å². The summed E-state index contributed by atoms with van der Waals surface area (Å²) in [5, 5.41) is 0. The summed E-state index contributed by atoms with van der Waals surface area (Å²) in [4.78, 5) is 38.3. The second kappa shape index (κ2) is 67.3. The fourth-order valence-corrected chi connectivity index (χ4v) is 8.35. The standard InChI is InChI=1S/C75H118O6/c1-4-7-10-13-16-19-22-24-26-28-30-31-32-33-34-35-36-37-38-39-40-41-42-43-45-46-48-50-53-56-59-62-65-68-74(77)80-71-72(70-79-73(76)67-64-61-58-55-52-21-18-15-12-9-6-3)81-75(78)69-66-63-60-57-54-51-49-47-44-29-27-25-23-20-17-14-11-8-5-2/h7-8,10-11,15-20,24-27,30-31,33-34,36-37,39-40,42-44,47,51,54,72H,4-6,9,12-14,21-23,28-29,32,35,38,41,45-46,48-50,52-53,55-71H2,1-3H3/b10-7-,11-8-,18-15-,19-16-,20-17-,26-24-,27-25-,31-30-,34-33-,37-36-,40-39-,43-42-,47-44-,54-51-. The van der Waals surface area contributed by atoms with Crippen LogP contribution in [0.15, 0.2) is 170 Å². The zero-order valence-electron chi connectivity index (χ0n) is 52.0. The lowest BCUT2D eigenvalue weighted by Gasteiger charge is -2.18. The van der Waals surface area contributed by atoms with Gasteiger partial charge in [-0.2, -0.15) is 0 Å². The summed E-state index contributed by atoms with van der Waals surface area (Å²) in [7, 11) is 0. The van der Waals surface area contributed by atoms with Crippen molar-refractivity contribution in [1.82, 2.24) is 0 Å². The lowest BCUT2D eigenvalue weighted by Crippen LogP contribution is -2.30. The van der Waals surface area contributed by atoms with Crippen LogP contribution in [0.4, 0.5) is 0 Å². The van der Waals surface area contributed by atoms with Crippen LogP contribution >= 0.6 is 0 Å². The SMILES string of the molecule is CC/C=C\C/C=C\C/C=C\C/C=C\C/C=C\C/C=C\C/C=C\C/C=C\CCCCCCCCCCC(=O)OCC(COC(=O)CCCCCCC/C=C\CCCC)OC(=O)CCCCC/C=C\C/C=C\C/C=C\C/C=C\C/C=C\CC. The predicted molar refractivity (Wildman–Crippen MR) is 352 cm³/mol. The van der Waals surface area contributed by atoms with Crippen molar-refractivity contribution in [3.05, 3.63) is 170 Å². The van der Waals surface area contributed by atoms with Crippen LogP contribution in [0.5, 0.6) is 0 Å². The van der Waals surface area contributed by atoms with E-state index < -0.39 is 6.10 Å². The van der Waals surface area contributed by atoms with Crippen molar-refractivity contribution in [2.24, 2.45) is 0 Å². The number of hydrogen-bond donors (Lipinski definition) is 0. The Morgan fingerprint density at radius 2 is 0.481 bits per heavy atom. The Morgan fingerprint density at radius 1 is 0.259 bits per heavy atom. The van der Waals surface area contributed by atoms with Gasteiger partial charge in [-0.3, -0.25) is 14.4 Å². The molecule has 1 atom stereocenters. The first kappa shape index (κ1) is 75.8. The highest BCUT2D eigenvalue weighted by Gasteiger charge is 2.19. The van der Waals surface area contributed by atoms with Crippen LogP contribution in [-0.2, 0) is 28.6 Å². The van der Waals surface area contributed by atoms with Crippen LogP contribution in [0.3, 0.4) is 0 Å². The highest BCUT2D eigenvalue weighted by Crippen LogP contribution is 2.14. The summed E-state index contributed by atoms with van der Waals surface area (Å²) < 4.78 is 16.9. The molecule has 6 heteroatoms. The zero-order chi connectivity index (χ0) is 58.5. The molecule has 0 aliphatic rings. The van der Waals surface area contributed by atoms with Gasteiger partial charge in [-0.25, -0.2) is 0 Å². The van der Waals surface area contributed by atoms with E-state index in [-0.39, 0.29) is 37.5 Å². The highest BCUT2D eigenvalue weighted by atomic mass is 16.6. The van der Waals surface area contributed by atoms with Crippen molar-refractivity contribution in [2.75, 3.05) is 13.2 Å². The molecule has 0 aromatic heterocycles. The minimum absolute atomic E-state index is 0.105. The van der Waals surface area contributed by atoms with E-state index in [2.05, 4.69) is 191 Å². The maximum absolute atomic E-state index is 12.9. The molecule has 0 N–H and O–H groups in total. The third-order valence-corrected chi connectivity index (χ3v) is 13.2. The van der Waals surface area contributed by atoms with Crippen LogP contribution in [-0.4, -0.2) is 37.2 Å². The molecule has 0 saturated carbocycles. The van der Waals surface area contributed by atoms with E-state index in [9.17, 15) is 14.4 Å². The largest absolute Gasteiger partial charge is 0.462 e. The molecule has 0 aliphatic heterocycles. The molecule has 6 nitrogen and oxygen atoms in total. The van der Waals surface area contributed by atoms with Gasteiger partial charge in [0.15, 0.2) is 6.10 Å². The van der Waals surface area contributed by atoms with Gasteiger partial charge < -0.3 is 14.2 Å². The van der Waals surface area contributed by atoms with Gasteiger partial charge in [0.1, 0.15) is 13.2 Å². The number of carbonyl (C=O) groups is 3. The molecule has 0 heterocycles. The van der Waals surface area contributed by atoms with Crippen molar-refractivity contribution in [3.63, 3.8) is 0 Å². The van der Waals surface area contributed by atoms with Gasteiger partial charge in [-0.1, -0.05) is 268 Å². The Hall–Kier alpha value is -5.23. The first-order valence-electron chi connectivity index (χ1n) is 32.6. The molecule has 0 aromatic rings. The molecule has 0 radical (unpaired) electrons. The van der Waals surface area contributed by atoms with Gasteiger partial charge in [-0.15, -0.1) is 0 Å². The minimum atomic E-state index is -0.811. The molecule has 0 spiro atoms. The van der Waals surface area contributed by atoms with Gasteiger partial charge in [0.25, 0.3) is 0 Å². The second-order valence-corrected chi connectivity index (χ2v) is 20.9. The second-order valence-electron chi connectivity index (χ2n) is 20.9. The number of hydrogen-bond acceptors (Lipinski definition) is 6. The third-order valence-electron chi connectivity index (χ3n) is 13.2. The van der Waals surface area contributed by atoms with Crippen molar-refractivity contribution in [3.8, 4) is 0 Å². The van der Waals surface area contributed by atoms with Gasteiger partial charge in [0.2, 0.25) is 0 Å². The van der Waals surface area contributed by atoms with E-state index in [0.29, 0.717) is 19.3 Å². The highest BCUT2D eigenvalue weighted by molar-refractivity contribution is 5.71. The quantitative estimate of drug-likeness (QED) is 0.0261. The maximum Gasteiger partial charge on any atom is 0.306 e. The number of carbonyl (C=O) groups excluding carboxylic acids is 3.